The van der Waals surface area contributed by atoms with Crippen molar-refractivity contribution in [2.24, 2.45) is 0 Å². The van der Waals surface area contributed by atoms with Crippen LogP contribution in [0.4, 0.5) is 0 Å². The van der Waals surface area contributed by atoms with Gasteiger partial charge in [0.05, 0.1) is 6.07 Å². The highest BCUT2D eigenvalue weighted by Crippen LogP contribution is 2.29. The Bertz CT molecular complexity index is 613. The summed E-state index contributed by atoms with van der Waals surface area (Å²) in [5.41, 5.74) is 1.16. The van der Waals surface area contributed by atoms with E-state index < -0.39 is 0 Å². The number of hydrogen-bond donors (Lipinski definition) is 0. The van der Waals surface area contributed by atoms with Crippen LogP contribution >= 0.6 is 0 Å². The normalized spacial score (nSPS) is 18.4. The zero-order chi connectivity index (χ0) is 13.8. The molecule has 0 spiro atoms. The molecule has 0 N–H and O–H groups in total. The quantitative estimate of drug-likeness (QED) is 0.809. The molecule has 102 valence electrons. The first-order chi connectivity index (χ1) is 9.90. The first-order valence-electron chi connectivity index (χ1n) is 7.51. The fourth-order valence-electron chi connectivity index (χ4n) is 3.19. The number of nitriles is 1. The summed E-state index contributed by atoms with van der Waals surface area (Å²) >= 11 is 0. The molecule has 0 saturated carbocycles. The van der Waals surface area contributed by atoms with Crippen LogP contribution in [0.15, 0.2) is 42.5 Å². The Hall–Kier alpha value is -1.85. The van der Waals surface area contributed by atoms with Gasteiger partial charge in [-0.25, -0.2) is 0 Å². The molecule has 2 nitrogen and oxygen atoms in total. The number of likely N-dealkylation sites (tertiary alicyclic amines) is 1. The molecule has 1 aliphatic rings. The van der Waals surface area contributed by atoms with E-state index >= 15 is 0 Å². The zero-order valence-electron chi connectivity index (χ0n) is 11.8. The summed E-state index contributed by atoms with van der Waals surface area (Å²) in [6.45, 7) is 2.09. The van der Waals surface area contributed by atoms with Gasteiger partial charge in [-0.1, -0.05) is 55.3 Å². The summed E-state index contributed by atoms with van der Waals surface area (Å²) in [6, 6.07) is 17.1. The van der Waals surface area contributed by atoms with Crippen LogP contribution in [0.3, 0.4) is 0 Å². The summed E-state index contributed by atoms with van der Waals surface area (Å²) < 4.78 is 0. The first kappa shape index (κ1) is 13.1. The molecule has 1 heterocycles. The van der Waals surface area contributed by atoms with E-state index in [-0.39, 0.29) is 6.04 Å². The monoisotopic (exact) mass is 264 g/mol. The second kappa shape index (κ2) is 6.07. The van der Waals surface area contributed by atoms with Crippen molar-refractivity contribution in [1.29, 1.82) is 5.26 Å². The minimum absolute atomic E-state index is 0.112. The SMILES string of the molecule is N#CC(c1cccc2ccccc12)N1CCCCCC1. The third kappa shape index (κ3) is 2.55. The number of nitrogens with zero attached hydrogens (tertiary/aromatic N) is 2. The van der Waals surface area contributed by atoms with Crippen LogP contribution in [0.1, 0.15) is 37.3 Å². The van der Waals surface area contributed by atoms with E-state index in [0.717, 1.165) is 18.7 Å². The van der Waals surface area contributed by atoms with Crippen molar-refractivity contribution in [1.82, 2.24) is 4.90 Å². The van der Waals surface area contributed by atoms with Crippen molar-refractivity contribution in [2.75, 3.05) is 13.1 Å². The molecule has 1 unspecified atom stereocenters. The molecule has 2 aromatic carbocycles. The fraction of sp³-hybridized carbons (Fsp3) is 0.389. The van der Waals surface area contributed by atoms with Crippen LogP contribution in [0, 0.1) is 11.3 Å². The summed E-state index contributed by atoms with van der Waals surface area (Å²) in [5, 5.41) is 12.1. The minimum Gasteiger partial charge on any atom is -0.284 e. The Morgan fingerprint density at radius 3 is 2.35 bits per heavy atom. The molecule has 1 saturated heterocycles. The van der Waals surface area contributed by atoms with Gasteiger partial charge in [0.25, 0.3) is 0 Å². The third-order valence-electron chi connectivity index (χ3n) is 4.25. The van der Waals surface area contributed by atoms with E-state index in [1.807, 2.05) is 0 Å². The third-order valence-corrected chi connectivity index (χ3v) is 4.25. The van der Waals surface area contributed by atoms with Crippen LogP contribution < -0.4 is 0 Å². The number of hydrogen-bond acceptors (Lipinski definition) is 2. The van der Waals surface area contributed by atoms with Crippen LogP contribution in [-0.2, 0) is 0 Å². The molecule has 2 heteroatoms. The number of rotatable bonds is 2. The maximum absolute atomic E-state index is 9.69. The van der Waals surface area contributed by atoms with Crippen LogP contribution in [0.5, 0.6) is 0 Å². The van der Waals surface area contributed by atoms with Gasteiger partial charge in [-0.15, -0.1) is 0 Å². The van der Waals surface area contributed by atoms with Crippen molar-refractivity contribution < 1.29 is 0 Å². The molecule has 0 bridgehead atoms. The van der Waals surface area contributed by atoms with Crippen LogP contribution in [0.25, 0.3) is 10.8 Å². The molecule has 0 radical (unpaired) electrons. The van der Waals surface area contributed by atoms with Gasteiger partial charge in [-0.05, 0) is 42.3 Å². The van der Waals surface area contributed by atoms with E-state index in [9.17, 15) is 5.26 Å². The highest BCUT2D eigenvalue weighted by molar-refractivity contribution is 5.86. The van der Waals surface area contributed by atoms with E-state index in [1.165, 1.54) is 36.5 Å². The van der Waals surface area contributed by atoms with Crippen molar-refractivity contribution >= 4 is 10.8 Å². The van der Waals surface area contributed by atoms with E-state index in [1.54, 1.807) is 0 Å². The Kier molecular flexibility index (Phi) is 3.99. The molecule has 1 fully saturated rings. The molecule has 0 aromatic heterocycles. The Labute approximate surface area is 120 Å². The first-order valence-corrected chi connectivity index (χ1v) is 7.51. The Morgan fingerprint density at radius 2 is 1.60 bits per heavy atom. The highest BCUT2D eigenvalue weighted by atomic mass is 15.2. The maximum atomic E-state index is 9.69. The standard InChI is InChI=1S/C18H20N2/c19-14-18(20-12-5-1-2-6-13-20)17-11-7-9-15-8-3-4-10-16(15)17/h3-4,7-11,18H,1-2,5-6,12-13H2. The molecule has 1 atom stereocenters. The summed E-state index contributed by atoms with van der Waals surface area (Å²) in [6.07, 6.45) is 5.01. The van der Waals surface area contributed by atoms with Gasteiger partial charge < -0.3 is 0 Å². The molecule has 0 amide bonds. The number of fused-ring (bicyclic) bond motifs is 1. The van der Waals surface area contributed by atoms with Crippen LogP contribution in [-0.4, -0.2) is 18.0 Å². The van der Waals surface area contributed by atoms with Crippen molar-refractivity contribution in [3.05, 3.63) is 48.0 Å². The van der Waals surface area contributed by atoms with E-state index in [2.05, 4.69) is 53.4 Å². The Morgan fingerprint density at radius 1 is 0.900 bits per heavy atom. The second-order valence-corrected chi connectivity index (χ2v) is 5.55. The molecule has 1 aliphatic heterocycles. The van der Waals surface area contributed by atoms with Crippen molar-refractivity contribution in [3.63, 3.8) is 0 Å². The predicted octanol–water partition coefficient (Wildman–Crippen LogP) is 4.28. The topological polar surface area (TPSA) is 27.0 Å². The Balaban J connectivity index is 2.01. The average Bonchev–Trinajstić information content (AvgIpc) is 2.78. The predicted molar refractivity (Wildman–Crippen MR) is 82.3 cm³/mol. The fourth-order valence-corrected chi connectivity index (χ4v) is 3.19. The van der Waals surface area contributed by atoms with Gasteiger partial charge in [0.15, 0.2) is 0 Å². The van der Waals surface area contributed by atoms with Gasteiger partial charge in [-0.2, -0.15) is 5.26 Å². The van der Waals surface area contributed by atoms with Gasteiger partial charge in [0, 0.05) is 0 Å². The van der Waals surface area contributed by atoms with Gasteiger partial charge in [0.2, 0.25) is 0 Å². The lowest BCUT2D eigenvalue weighted by atomic mass is 9.98. The maximum Gasteiger partial charge on any atom is 0.124 e. The molecule has 0 aliphatic carbocycles. The number of benzene rings is 2. The largest absolute Gasteiger partial charge is 0.284 e. The molecule has 3 rings (SSSR count). The average molecular weight is 264 g/mol. The lowest BCUT2D eigenvalue weighted by Crippen LogP contribution is -2.29. The minimum atomic E-state index is -0.112. The van der Waals surface area contributed by atoms with Gasteiger partial charge in [-0.3, -0.25) is 4.90 Å². The van der Waals surface area contributed by atoms with E-state index in [0.29, 0.717) is 0 Å². The zero-order valence-corrected chi connectivity index (χ0v) is 11.8. The van der Waals surface area contributed by atoms with Crippen molar-refractivity contribution in [2.45, 2.75) is 31.7 Å². The summed E-state index contributed by atoms with van der Waals surface area (Å²) in [7, 11) is 0. The second-order valence-electron chi connectivity index (χ2n) is 5.55. The lowest BCUT2D eigenvalue weighted by Gasteiger charge is -2.26. The molecule has 2 aromatic rings. The highest BCUT2D eigenvalue weighted by Gasteiger charge is 2.22. The van der Waals surface area contributed by atoms with E-state index in [4.69, 9.17) is 0 Å². The van der Waals surface area contributed by atoms with Gasteiger partial charge in [0.1, 0.15) is 6.04 Å². The summed E-state index contributed by atoms with van der Waals surface area (Å²) in [4.78, 5) is 2.36. The van der Waals surface area contributed by atoms with Gasteiger partial charge >= 0.3 is 0 Å². The molecule has 20 heavy (non-hydrogen) atoms. The smallest absolute Gasteiger partial charge is 0.124 e. The van der Waals surface area contributed by atoms with Crippen LogP contribution in [0.2, 0.25) is 0 Å². The lowest BCUT2D eigenvalue weighted by molar-refractivity contribution is 0.247. The molecular weight excluding hydrogens is 244 g/mol. The molecular formula is C18H20N2. The summed E-state index contributed by atoms with van der Waals surface area (Å²) in [5.74, 6) is 0. The van der Waals surface area contributed by atoms with Crippen molar-refractivity contribution in [3.8, 4) is 6.07 Å².